The predicted molar refractivity (Wildman–Crippen MR) is 88.8 cm³/mol. The Hall–Kier alpha value is -2.13. The van der Waals surface area contributed by atoms with Gasteiger partial charge in [0.25, 0.3) is 0 Å². The SMILES string of the molecule is C[NH+](C)CCCNc1c2ccccc2[nH+]c2ccccc12. The highest BCUT2D eigenvalue weighted by molar-refractivity contribution is 6.04. The fraction of sp³-hybridized carbons (Fsp3) is 0.278. The van der Waals surface area contributed by atoms with Gasteiger partial charge in [-0.15, -0.1) is 0 Å². The molecule has 1 aromatic heterocycles. The number of para-hydroxylation sites is 2. The van der Waals surface area contributed by atoms with E-state index in [1.807, 2.05) is 0 Å². The summed E-state index contributed by atoms with van der Waals surface area (Å²) in [4.78, 5) is 5.01. The van der Waals surface area contributed by atoms with Gasteiger partial charge >= 0.3 is 0 Å². The average Bonchev–Trinajstić information content (AvgIpc) is 2.50. The van der Waals surface area contributed by atoms with Crippen LogP contribution < -0.4 is 15.2 Å². The van der Waals surface area contributed by atoms with Crippen LogP contribution in [0.2, 0.25) is 0 Å². The molecule has 0 atom stereocenters. The van der Waals surface area contributed by atoms with Gasteiger partial charge < -0.3 is 10.2 Å². The first-order chi connectivity index (χ1) is 10.3. The van der Waals surface area contributed by atoms with Crippen LogP contribution >= 0.6 is 0 Å². The normalized spacial score (nSPS) is 11.4. The second-order valence-corrected chi connectivity index (χ2v) is 5.83. The molecule has 108 valence electrons. The van der Waals surface area contributed by atoms with Gasteiger partial charge in [0.05, 0.1) is 37.1 Å². The molecular weight excluding hydrogens is 258 g/mol. The molecule has 0 fully saturated rings. The lowest BCUT2D eigenvalue weighted by Gasteiger charge is -2.11. The highest BCUT2D eigenvalue weighted by atomic mass is 15.1. The zero-order chi connectivity index (χ0) is 14.7. The van der Waals surface area contributed by atoms with E-state index in [9.17, 15) is 0 Å². The summed E-state index contributed by atoms with van der Waals surface area (Å²) in [5, 5.41) is 6.17. The number of rotatable bonds is 5. The van der Waals surface area contributed by atoms with Gasteiger partial charge in [-0.25, -0.2) is 4.98 Å². The van der Waals surface area contributed by atoms with Crippen molar-refractivity contribution in [3.05, 3.63) is 48.5 Å². The van der Waals surface area contributed by atoms with E-state index in [-0.39, 0.29) is 0 Å². The quantitative estimate of drug-likeness (QED) is 0.542. The number of hydrogen-bond donors (Lipinski definition) is 2. The van der Waals surface area contributed by atoms with Crippen LogP contribution in [0.1, 0.15) is 6.42 Å². The molecule has 0 aliphatic carbocycles. The van der Waals surface area contributed by atoms with Gasteiger partial charge in [0, 0.05) is 25.1 Å². The van der Waals surface area contributed by atoms with E-state index < -0.39 is 0 Å². The van der Waals surface area contributed by atoms with E-state index >= 15 is 0 Å². The van der Waals surface area contributed by atoms with E-state index in [2.05, 4.69) is 72.9 Å². The summed E-state index contributed by atoms with van der Waals surface area (Å²) in [6.45, 7) is 2.19. The first-order valence-corrected chi connectivity index (χ1v) is 7.61. The zero-order valence-corrected chi connectivity index (χ0v) is 12.7. The maximum atomic E-state index is 3.65. The smallest absolute Gasteiger partial charge is 0.213 e. The number of aromatic amines is 1. The summed E-state index contributed by atoms with van der Waals surface area (Å²) in [6.07, 6.45) is 1.17. The van der Waals surface area contributed by atoms with Crippen molar-refractivity contribution in [1.82, 2.24) is 0 Å². The molecule has 0 aliphatic heterocycles. The van der Waals surface area contributed by atoms with Crippen molar-refractivity contribution in [2.45, 2.75) is 6.42 Å². The van der Waals surface area contributed by atoms with Crippen molar-refractivity contribution in [3.63, 3.8) is 0 Å². The molecule has 3 N–H and O–H groups in total. The third kappa shape index (κ3) is 2.98. The van der Waals surface area contributed by atoms with Gasteiger partial charge in [-0.2, -0.15) is 0 Å². The van der Waals surface area contributed by atoms with Gasteiger partial charge in [0.15, 0.2) is 0 Å². The largest absolute Gasteiger partial charge is 0.383 e. The molecular formula is C18H23N3+2. The lowest BCUT2D eigenvalue weighted by Crippen LogP contribution is -3.05. The summed E-state index contributed by atoms with van der Waals surface area (Å²) < 4.78 is 0. The third-order valence-electron chi connectivity index (χ3n) is 3.82. The number of fused-ring (bicyclic) bond motifs is 2. The van der Waals surface area contributed by atoms with Gasteiger partial charge in [0.2, 0.25) is 11.0 Å². The Morgan fingerprint density at radius 2 is 1.48 bits per heavy atom. The molecule has 0 saturated carbocycles. The summed E-state index contributed by atoms with van der Waals surface area (Å²) in [5.74, 6) is 0. The molecule has 0 amide bonds. The monoisotopic (exact) mass is 281 g/mol. The van der Waals surface area contributed by atoms with Crippen molar-refractivity contribution < 1.29 is 9.88 Å². The number of nitrogens with one attached hydrogen (secondary N) is 3. The maximum Gasteiger partial charge on any atom is 0.213 e. The molecule has 0 spiro atoms. The van der Waals surface area contributed by atoms with Crippen molar-refractivity contribution in [2.75, 3.05) is 32.5 Å². The van der Waals surface area contributed by atoms with Crippen LogP contribution in [0.25, 0.3) is 21.8 Å². The second-order valence-electron chi connectivity index (χ2n) is 5.83. The summed E-state index contributed by atoms with van der Waals surface area (Å²) in [5.41, 5.74) is 3.60. The van der Waals surface area contributed by atoms with Crippen molar-refractivity contribution >= 4 is 27.5 Å². The Morgan fingerprint density at radius 3 is 2.05 bits per heavy atom. The Morgan fingerprint density at radius 1 is 0.905 bits per heavy atom. The maximum absolute atomic E-state index is 3.65. The van der Waals surface area contributed by atoms with E-state index in [1.165, 1.54) is 45.4 Å². The topological polar surface area (TPSA) is 30.6 Å². The number of pyridine rings is 1. The Bertz CT molecular complexity index is 696. The highest BCUT2D eigenvalue weighted by Gasteiger charge is 2.12. The van der Waals surface area contributed by atoms with E-state index in [0.29, 0.717) is 0 Å². The molecule has 3 heteroatoms. The van der Waals surface area contributed by atoms with Crippen LogP contribution in [-0.2, 0) is 0 Å². The van der Waals surface area contributed by atoms with Crippen molar-refractivity contribution in [1.29, 1.82) is 0 Å². The summed E-state index contributed by atoms with van der Waals surface area (Å²) in [6, 6.07) is 17.0. The second kappa shape index (κ2) is 6.10. The molecule has 0 aliphatic rings. The first kappa shape index (κ1) is 13.8. The first-order valence-electron chi connectivity index (χ1n) is 7.61. The molecule has 0 bridgehead atoms. The fourth-order valence-corrected chi connectivity index (χ4v) is 2.76. The van der Waals surface area contributed by atoms with Crippen LogP contribution in [0.4, 0.5) is 5.69 Å². The van der Waals surface area contributed by atoms with Gasteiger partial charge in [-0.3, -0.25) is 0 Å². The van der Waals surface area contributed by atoms with Crippen LogP contribution in [-0.4, -0.2) is 27.2 Å². The van der Waals surface area contributed by atoms with Crippen LogP contribution in [0.5, 0.6) is 0 Å². The molecule has 2 aromatic carbocycles. The average molecular weight is 281 g/mol. The molecule has 0 unspecified atom stereocenters. The fourth-order valence-electron chi connectivity index (χ4n) is 2.76. The van der Waals surface area contributed by atoms with Crippen LogP contribution in [0.15, 0.2) is 48.5 Å². The number of H-pyrrole nitrogens is 1. The molecule has 3 rings (SSSR count). The zero-order valence-electron chi connectivity index (χ0n) is 12.7. The summed E-state index contributed by atoms with van der Waals surface area (Å²) >= 11 is 0. The van der Waals surface area contributed by atoms with E-state index in [4.69, 9.17) is 0 Å². The van der Waals surface area contributed by atoms with Gasteiger partial charge in [-0.1, -0.05) is 24.3 Å². The minimum atomic E-state index is 1.00. The molecule has 21 heavy (non-hydrogen) atoms. The molecule has 1 heterocycles. The number of quaternary nitrogens is 1. The number of hydrogen-bond acceptors (Lipinski definition) is 1. The minimum absolute atomic E-state index is 1.00. The van der Waals surface area contributed by atoms with Crippen LogP contribution in [0.3, 0.4) is 0 Å². The predicted octanol–water partition coefficient (Wildman–Crippen LogP) is 1.75. The van der Waals surface area contributed by atoms with Gasteiger partial charge in [0.1, 0.15) is 0 Å². The van der Waals surface area contributed by atoms with E-state index in [1.54, 1.807) is 0 Å². The number of anilines is 1. The summed E-state index contributed by atoms with van der Waals surface area (Å²) in [7, 11) is 4.39. The Balaban J connectivity index is 1.99. The number of aromatic nitrogens is 1. The molecule has 0 saturated heterocycles. The Labute approximate surface area is 125 Å². The Kier molecular flexibility index (Phi) is 4.02. The molecule has 0 radical (unpaired) electrons. The van der Waals surface area contributed by atoms with E-state index in [0.717, 1.165) is 6.54 Å². The highest BCUT2D eigenvalue weighted by Crippen LogP contribution is 2.28. The molecule has 3 nitrogen and oxygen atoms in total. The standard InChI is InChI=1S/C18H21N3/c1-21(2)13-7-12-19-18-14-8-3-5-10-16(14)20-17-11-6-4-9-15(17)18/h3-6,8-11H,7,12-13H2,1-2H3,(H,19,20)/p+2. The van der Waals surface area contributed by atoms with Crippen molar-refractivity contribution in [3.8, 4) is 0 Å². The van der Waals surface area contributed by atoms with Crippen LogP contribution in [0, 0.1) is 0 Å². The number of benzene rings is 2. The third-order valence-corrected chi connectivity index (χ3v) is 3.82. The van der Waals surface area contributed by atoms with Crippen molar-refractivity contribution in [2.24, 2.45) is 0 Å². The lowest BCUT2D eigenvalue weighted by atomic mass is 10.1. The lowest BCUT2D eigenvalue weighted by molar-refractivity contribution is -0.858. The molecule has 3 aromatic rings. The minimum Gasteiger partial charge on any atom is -0.383 e. The van der Waals surface area contributed by atoms with Gasteiger partial charge in [-0.05, 0) is 12.1 Å².